The molecule has 1 unspecified atom stereocenters. The summed E-state index contributed by atoms with van der Waals surface area (Å²) in [7, 11) is 0. The molecule has 5 nitrogen and oxygen atoms in total. The second kappa shape index (κ2) is 6.27. The molecule has 0 saturated carbocycles. The van der Waals surface area contributed by atoms with Crippen molar-refractivity contribution in [2.24, 2.45) is 5.73 Å². The molecule has 90 valence electrons. The molecule has 1 aromatic heterocycles. The van der Waals surface area contributed by atoms with Crippen LogP contribution < -0.4 is 15.8 Å². The smallest absolute Gasteiger partial charge is 0.218 e. The lowest BCUT2D eigenvalue weighted by atomic mass is 10.2. The molecule has 1 heterocycles. The van der Waals surface area contributed by atoms with Gasteiger partial charge >= 0.3 is 0 Å². The van der Waals surface area contributed by atoms with Crippen molar-refractivity contribution >= 4 is 5.82 Å². The van der Waals surface area contributed by atoms with Gasteiger partial charge in [0.1, 0.15) is 12.1 Å². The van der Waals surface area contributed by atoms with Gasteiger partial charge in [-0.15, -0.1) is 0 Å². The Bertz CT molecular complexity index is 317. The van der Waals surface area contributed by atoms with E-state index in [1.54, 1.807) is 6.07 Å². The summed E-state index contributed by atoms with van der Waals surface area (Å²) in [6.45, 7) is 6.66. The van der Waals surface area contributed by atoms with Gasteiger partial charge in [-0.1, -0.05) is 0 Å². The molecule has 16 heavy (non-hydrogen) atoms. The van der Waals surface area contributed by atoms with Crippen molar-refractivity contribution in [3.63, 3.8) is 0 Å². The minimum Gasteiger partial charge on any atom is -0.475 e. The van der Waals surface area contributed by atoms with Gasteiger partial charge < -0.3 is 15.8 Å². The summed E-state index contributed by atoms with van der Waals surface area (Å²) >= 11 is 0. The van der Waals surface area contributed by atoms with Crippen molar-refractivity contribution in [1.29, 1.82) is 0 Å². The molecule has 0 fully saturated rings. The summed E-state index contributed by atoms with van der Waals surface area (Å²) in [5.74, 6) is 1.36. The normalized spacial score (nSPS) is 12.6. The first-order valence-corrected chi connectivity index (χ1v) is 5.57. The summed E-state index contributed by atoms with van der Waals surface area (Å²) < 4.78 is 5.48. The van der Waals surface area contributed by atoms with Gasteiger partial charge in [-0.05, 0) is 33.7 Å². The van der Waals surface area contributed by atoms with Crippen molar-refractivity contribution < 1.29 is 4.74 Å². The molecule has 0 aromatic carbocycles. The highest BCUT2D eigenvalue weighted by Gasteiger charge is 2.04. The highest BCUT2D eigenvalue weighted by Crippen LogP contribution is 2.13. The van der Waals surface area contributed by atoms with Crippen LogP contribution in [0.5, 0.6) is 5.88 Å². The Hall–Kier alpha value is -1.36. The van der Waals surface area contributed by atoms with E-state index in [1.807, 2.05) is 13.8 Å². The molecule has 0 aliphatic heterocycles. The number of ether oxygens (including phenoxy) is 1. The van der Waals surface area contributed by atoms with Crippen LogP contribution in [0, 0.1) is 0 Å². The Morgan fingerprint density at radius 3 is 2.75 bits per heavy atom. The summed E-state index contributed by atoms with van der Waals surface area (Å²) in [4.78, 5) is 8.16. The molecule has 0 radical (unpaired) electrons. The van der Waals surface area contributed by atoms with Gasteiger partial charge in [0.15, 0.2) is 0 Å². The van der Waals surface area contributed by atoms with Gasteiger partial charge in [-0.3, -0.25) is 0 Å². The van der Waals surface area contributed by atoms with E-state index in [1.165, 1.54) is 6.33 Å². The quantitative estimate of drug-likeness (QED) is 0.764. The number of nitrogens with two attached hydrogens (primary N) is 1. The van der Waals surface area contributed by atoms with E-state index >= 15 is 0 Å². The van der Waals surface area contributed by atoms with Crippen molar-refractivity contribution in [2.75, 3.05) is 11.9 Å². The SMILES string of the molecule is CC(CCN)Nc1cc(OC(C)C)ncn1. The fourth-order valence-electron chi connectivity index (χ4n) is 1.30. The molecule has 0 aliphatic rings. The van der Waals surface area contributed by atoms with E-state index in [-0.39, 0.29) is 6.10 Å². The molecule has 1 rings (SSSR count). The van der Waals surface area contributed by atoms with E-state index in [2.05, 4.69) is 22.2 Å². The number of anilines is 1. The van der Waals surface area contributed by atoms with Gasteiger partial charge in [0.2, 0.25) is 5.88 Å². The third kappa shape index (κ3) is 4.44. The van der Waals surface area contributed by atoms with Crippen LogP contribution in [0.1, 0.15) is 27.2 Å². The van der Waals surface area contributed by atoms with Crippen molar-refractivity contribution in [2.45, 2.75) is 39.3 Å². The van der Waals surface area contributed by atoms with Crippen LogP contribution in [0.3, 0.4) is 0 Å². The lowest BCUT2D eigenvalue weighted by molar-refractivity contribution is 0.232. The van der Waals surface area contributed by atoms with E-state index in [0.29, 0.717) is 18.5 Å². The average molecular weight is 224 g/mol. The highest BCUT2D eigenvalue weighted by atomic mass is 16.5. The predicted octanol–water partition coefficient (Wildman–Crippen LogP) is 1.41. The Balaban J connectivity index is 2.59. The fraction of sp³-hybridized carbons (Fsp3) is 0.636. The van der Waals surface area contributed by atoms with Crippen LogP contribution in [0.25, 0.3) is 0 Å². The Labute approximate surface area is 96.4 Å². The van der Waals surface area contributed by atoms with Crippen molar-refractivity contribution in [3.8, 4) is 5.88 Å². The first kappa shape index (κ1) is 12.7. The monoisotopic (exact) mass is 224 g/mol. The van der Waals surface area contributed by atoms with Crippen molar-refractivity contribution in [1.82, 2.24) is 9.97 Å². The minimum absolute atomic E-state index is 0.115. The lowest BCUT2D eigenvalue weighted by Crippen LogP contribution is -2.20. The van der Waals surface area contributed by atoms with Gasteiger partial charge in [0, 0.05) is 12.1 Å². The van der Waals surface area contributed by atoms with Gasteiger partial charge in [-0.25, -0.2) is 9.97 Å². The molecule has 0 spiro atoms. The van der Waals surface area contributed by atoms with Crippen LogP contribution in [0.4, 0.5) is 5.82 Å². The maximum Gasteiger partial charge on any atom is 0.218 e. The van der Waals surface area contributed by atoms with Crippen LogP contribution in [-0.4, -0.2) is 28.7 Å². The summed E-state index contributed by atoms with van der Waals surface area (Å²) in [6, 6.07) is 2.10. The Morgan fingerprint density at radius 2 is 2.12 bits per heavy atom. The Morgan fingerprint density at radius 1 is 1.38 bits per heavy atom. The third-order valence-corrected chi connectivity index (χ3v) is 1.99. The van der Waals surface area contributed by atoms with Gasteiger partial charge in [0.05, 0.1) is 6.10 Å². The molecule has 1 aromatic rings. The second-order valence-corrected chi connectivity index (χ2v) is 4.03. The molecule has 0 aliphatic carbocycles. The topological polar surface area (TPSA) is 73.1 Å². The summed E-state index contributed by atoms with van der Waals surface area (Å²) in [5.41, 5.74) is 5.48. The standard InChI is InChI=1S/C11H20N4O/c1-8(2)16-11-6-10(13-7-14-11)15-9(3)4-5-12/h6-9H,4-5,12H2,1-3H3,(H,13,14,15). The van der Waals surface area contributed by atoms with Crippen LogP contribution >= 0.6 is 0 Å². The van der Waals surface area contributed by atoms with Gasteiger partial charge in [0.25, 0.3) is 0 Å². The number of nitrogens with one attached hydrogen (secondary N) is 1. The zero-order valence-corrected chi connectivity index (χ0v) is 10.1. The number of hydrogen-bond acceptors (Lipinski definition) is 5. The number of rotatable bonds is 6. The van der Waals surface area contributed by atoms with Crippen LogP contribution in [0.2, 0.25) is 0 Å². The maximum atomic E-state index is 5.48. The molecule has 0 bridgehead atoms. The van der Waals surface area contributed by atoms with E-state index in [4.69, 9.17) is 10.5 Å². The minimum atomic E-state index is 0.115. The number of hydrogen-bond donors (Lipinski definition) is 2. The summed E-state index contributed by atoms with van der Waals surface area (Å²) in [6.07, 6.45) is 2.52. The van der Waals surface area contributed by atoms with Crippen LogP contribution in [0.15, 0.2) is 12.4 Å². The zero-order valence-electron chi connectivity index (χ0n) is 10.1. The van der Waals surface area contributed by atoms with E-state index < -0.39 is 0 Å². The maximum absolute atomic E-state index is 5.48. The highest BCUT2D eigenvalue weighted by molar-refractivity contribution is 5.37. The third-order valence-electron chi connectivity index (χ3n) is 1.99. The molecular formula is C11H20N4O. The van der Waals surface area contributed by atoms with Crippen molar-refractivity contribution in [3.05, 3.63) is 12.4 Å². The molecule has 5 heteroatoms. The predicted molar refractivity (Wildman–Crippen MR) is 64.6 cm³/mol. The van der Waals surface area contributed by atoms with E-state index in [9.17, 15) is 0 Å². The van der Waals surface area contributed by atoms with Gasteiger partial charge in [-0.2, -0.15) is 0 Å². The molecule has 0 amide bonds. The second-order valence-electron chi connectivity index (χ2n) is 4.03. The van der Waals surface area contributed by atoms with E-state index in [0.717, 1.165) is 12.2 Å². The zero-order chi connectivity index (χ0) is 12.0. The Kier molecular flexibility index (Phi) is 4.98. The molecule has 3 N–H and O–H groups in total. The molecule has 1 atom stereocenters. The number of aromatic nitrogens is 2. The number of nitrogens with zero attached hydrogens (tertiary/aromatic N) is 2. The fourth-order valence-corrected chi connectivity index (χ4v) is 1.30. The largest absolute Gasteiger partial charge is 0.475 e. The van der Waals surface area contributed by atoms with Crippen LogP contribution in [-0.2, 0) is 0 Å². The summed E-state index contributed by atoms with van der Waals surface area (Å²) in [5, 5.41) is 3.25. The first-order valence-electron chi connectivity index (χ1n) is 5.57. The molecular weight excluding hydrogens is 204 g/mol. The average Bonchev–Trinajstić information content (AvgIpc) is 2.17. The lowest BCUT2D eigenvalue weighted by Gasteiger charge is -2.14. The first-order chi connectivity index (χ1) is 7.61. The molecule has 0 saturated heterocycles.